The molecule has 1 aromatic heterocycles. The number of hydrogen-bond donors (Lipinski definition) is 0. The number of thiophene rings is 1. The lowest BCUT2D eigenvalue weighted by Gasteiger charge is -2.15. The Morgan fingerprint density at radius 2 is 2.53 bits per heavy atom. The Hall–Kier alpha value is -0.540. The molecule has 0 bridgehead atoms. The topological polar surface area (TPSA) is 20.3 Å². The highest BCUT2D eigenvalue weighted by molar-refractivity contribution is 7.08. The quantitative estimate of drug-likeness (QED) is 0.748. The molecule has 2 rings (SSSR count). The summed E-state index contributed by atoms with van der Waals surface area (Å²) in [5.41, 5.74) is 0.825. The minimum Gasteiger partial charge on any atom is -0.338 e. The third-order valence-electron chi connectivity index (χ3n) is 2.86. The monoisotopic (exact) mass is 243 g/mol. The first kappa shape index (κ1) is 11.0. The molecule has 0 saturated carbocycles. The van der Waals surface area contributed by atoms with E-state index < -0.39 is 0 Å². The molecule has 0 radical (unpaired) electrons. The largest absolute Gasteiger partial charge is 0.338 e. The van der Waals surface area contributed by atoms with Crippen LogP contribution in [0.2, 0.25) is 0 Å². The van der Waals surface area contributed by atoms with Crippen molar-refractivity contribution in [2.75, 3.05) is 19.0 Å². The molecule has 2 heterocycles. The van der Waals surface area contributed by atoms with Gasteiger partial charge in [-0.3, -0.25) is 4.79 Å². The molecule has 0 spiro atoms. The van der Waals surface area contributed by atoms with Gasteiger partial charge in [0.1, 0.15) is 0 Å². The highest BCUT2D eigenvalue weighted by atomic mass is 35.5. The summed E-state index contributed by atoms with van der Waals surface area (Å²) >= 11 is 7.28. The first-order valence-electron chi connectivity index (χ1n) is 5.18. The van der Waals surface area contributed by atoms with Gasteiger partial charge >= 0.3 is 0 Å². The number of hydrogen-bond acceptors (Lipinski definition) is 2. The molecule has 1 saturated heterocycles. The van der Waals surface area contributed by atoms with E-state index in [0.29, 0.717) is 11.8 Å². The Kier molecular flexibility index (Phi) is 3.65. The third kappa shape index (κ3) is 2.52. The fourth-order valence-electron chi connectivity index (χ4n) is 1.98. The summed E-state index contributed by atoms with van der Waals surface area (Å²) in [7, 11) is 0. The molecule has 1 aromatic rings. The maximum atomic E-state index is 12.0. The number of halogens is 1. The van der Waals surface area contributed by atoms with Crippen molar-refractivity contribution in [3.63, 3.8) is 0 Å². The Balaban J connectivity index is 1.93. The highest BCUT2D eigenvalue weighted by Gasteiger charge is 2.26. The zero-order chi connectivity index (χ0) is 10.7. The van der Waals surface area contributed by atoms with Crippen LogP contribution in [-0.2, 0) is 0 Å². The van der Waals surface area contributed by atoms with E-state index in [1.54, 1.807) is 11.3 Å². The van der Waals surface area contributed by atoms with E-state index in [-0.39, 0.29) is 5.91 Å². The SMILES string of the molecule is O=C(c1ccsc1)N1CCC(CCCl)C1. The predicted octanol–water partition coefficient (Wildman–Crippen LogP) is 2.84. The Labute approximate surface area is 98.8 Å². The zero-order valence-corrected chi connectivity index (χ0v) is 10.1. The number of carbonyl (C=O) groups excluding carboxylic acids is 1. The molecule has 1 unspecified atom stereocenters. The molecule has 1 aliphatic rings. The first-order chi connectivity index (χ1) is 7.31. The van der Waals surface area contributed by atoms with Gasteiger partial charge in [-0.1, -0.05) is 0 Å². The number of nitrogens with zero attached hydrogens (tertiary/aromatic N) is 1. The summed E-state index contributed by atoms with van der Waals surface area (Å²) in [6.45, 7) is 1.76. The molecule has 0 aromatic carbocycles. The van der Waals surface area contributed by atoms with Gasteiger partial charge < -0.3 is 4.90 Å². The average Bonchev–Trinajstić information content (AvgIpc) is 2.87. The molecule has 1 atom stereocenters. The minimum atomic E-state index is 0.174. The second kappa shape index (κ2) is 4.99. The third-order valence-corrected chi connectivity index (χ3v) is 3.76. The van der Waals surface area contributed by atoms with Gasteiger partial charge in [0.2, 0.25) is 0 Å². The van der Waals surface area contributed by atoms with Gasteiger partial charge in [-0.25, -0.2) is 0 Å². The molecule has 1 fully saturated rings. The van der Waals surface area contributed by atoms with Crippen molar-refractivity contribution < 1.29 is 4.79 Å². The fraction of sp³-hybridized carbons (Fsp3) is 0.545. The van der Waals surface area contributed by atoms with E-state index in [2.05, 4.69) is 0 Å². The van der Waals surface area contributed by atoms with Gasteiger partial charge in [0.05, 0.1) is 5.56 Å². The Bertz CT molecular complexity index is 325. The van der Waals surface area contributed by atoms with Crippen molar-refractivity contribution >= 4 is 28.8 Å². The molecule has 4 heteroatoms. The molecule has 1 amide bonds. The van der Waals surface area contributed by atoms with Crippen LogP contribution in [0.1, 0.15) is 23.2 Å². The standard InChI is InChI=1S/C11H14ClNOS/c12-4-1-9-2-5-13(7-9)11(14)10-3-6-15-8-10/h3,6,8-9H,1-2,4-5,7H2. The molecule has 0 N–H and O–H groups in total. The van der Waals surface area contributed by atoms with Gasteiger partial charge in [0.15, 0.2) is 0 Å². The van der Waals surface area contributed by atoms with Crippen LogP contribution in [0.15, 0.2) is 16.8 Å². The summed E-state index contributed by atoms with van der Waals surface area (Å²) in [5.74, 6) is 1.48. The number of alkyl halides is 1. The number of rotatable bonds is 3. The van der Waals surface area contributed by atoms with Crippen molar-refractivity contribution in [2.24, 2.45) is 5.92 Å². The maximum absolute atomic E-state index is 12.0. The summed E-state index contributed by atoms with van der Waals surface area (Å²) in [5, 5.41) is 3.86. The van der Waals surface area contributed by atoms with Crippen LogP contribution in [0, 0.1) is 5.92 Å². The molecule has 15 heavy (non-hydrogen) atoms. The van der Waals surface area contributed by atoms with Crippen molar-refractivity contribution in [1.29, 1.82) is 0 Å². The van der Waals surface area contributed by atoms with Crippen LogP contribution < -0.4 is 0 Å². The van der Waals surface area contributed by atoms with E-state index >= 15 is 0 Å². The summed E-state index contributed by atoms with van der Waals surface area (Å²) < 4.78 is 0. The average molecular weight is 244 g/mol. The first-order valence-corrected chi connectivity index (χ1v) is 6.66. The van der Waals surface area contributed by atoms with Gasteiger partial charge in [0, 0.05) is 24.3 Å². The molecule has 1 aliphatic heterocycles. The van der Waals surface area contributed by atoms with Crippen LogP contribution in [0.3, 0.4) is 0 Å². The second-order valence-corrected chi connectivity index (χ2v) is 5.05. The van der Waals surface area contributed by atoms with E-state index in [9.17, 15) is 4.79 Å². The van der Waals surface area contributed by atoms with Crippen LogP contribution >= 0.6 is 22.9 Å². The summed E-state index contributed by atoms with van der Waals surface area (Å²) in [6, 6.07) is 1.89. The van der Waals surface area contributed by atoms with Gasteiger partial charge in [-0.2, -0.15) is 11.3 Å². The van der Waals surface area contributed by atoms with Crippen molar-refractivity contribution in [1.82, 2.24) is 4.90 Å². The van der Waals surface area contributed by atoms with E-state index in [1.165, 1.54) is 0 Å². The summed E-state index contributed by atoms with van der Waals surface area (Å²) in [6.07, 6.45) is 2.12. The van der Waals surface area contributed by atoms with Crippen molar-refractivity contribution in [3.05, 3.63) is 22.4 Å². The predicted molar refractivity (Wildman–Crippen MR) is 63.7 cm³/mol. The molecule has 0 aliphatic carbocycles. The normalized spacial score (nSPS) is 20.9. The Morgan fingerprint density at radius 1 is 1.67 bits per heavy atom. The summed E-state index contributed by atoms with van der Waals surface area (Å²) in [4.78, 5) is 13.9. The zero-order valence-electron chi connectivity index (χ0n) is 8.49. The smallest absolute Gasteiger partial charge is 0.254 e. The van der Waals surface area contributed by atoms with E-state index in [1.807, 2.05) is 21.7 Å². The fourth-order valence-corrected chi connectivity index (χ4v) is 2.91. The molecular formula is C11H14ClNOS. The van der Waals surface area contributed by atoms with Gasteiger partial charge in [-0.15, -0.1) is 11.6 Å². The van der Waals surface area contributed by atoms with Crippen LogP contribution in [0.4, 0.5) is 0 Å². The molecular weight excluding hydrogens is 230 g/mol. The van der Waals surface area contributed by atoms with Gasteiger partial charge in [0.25, 0.3) is 5.91 Å². The van der Waals surface area contributed by atoms with E-state index in [4.69, 9.17) is 11.6 Å². The van der Waals surface area contributed by atoms with E-state index in [0.717, 1.165) is 31.5 Å². The van der Waals surface area contributed by atoms with Crippen LogP contribution in [-0.4, -0.2) is 29.8 Å². The van der Waals surface area contributed by atoms with Crippen LogP contribution in [0.25, 0.3) is 0 Å². The lowest BCUT2D eigenvalue weighted by atomic mass is 10.1. The molecule has 2 nitrogen and oxygen atoms in total. The number of carbonyl (C=O) groups is 1. The lowest BCUT2D eigenvalue weighted by Crippen LogP contribution is -2.28. The lowest BCUT2D eigenvalue weighted by molar-refractivity contribution is 0.0787. The van der Waals surface area contributed by atoms with Crippen molar-refractivity contribution in [2.45, 2.75) is 12.8 Å². The number of likely N-dealkylation sites (tertiary alicyclic amines) is 1. The Morgan fingerprint density at radius 3 is 3.20 bits per heavy atom. The second-order valence-electron chi connectivity index (χ2n) is 3.90. The highest BCUT2D eigenvalue weighted by Crippen LogP contribution is 2.22. The van der Waals surface area contributed by atoms with Gasteiger partial charge in [-0.05, 0) is 30.2 Å². The minimum absolute atomic E-state index is 0.174. The van der Waals surface area contributed by atoms with Crippen LogP contribution in [0.5, 0.6) is 0 Å². The van der Waals surface area contributed by atoms with Crippen molar-refractivity contribution in [3.8, 4) is 0 Å². The number of amides is 1. The molecule has 82 valence electrons. The maximum Gasteiger partial charge on any atom is 0.254 e.